The highest BCUT2D eigenvalue weighted by Gasteiger charge is 2.22. The van der Waals surface area contributed by atoms with Gasteiger partial charge >= 0.3 is 0 Å². The molecule has 7 heteroatoms. The van der Waals surface area contributed by atoms with Gasteiger partial charge in [-0.15, -0.1) is 0 Å². The maximum Gasteiger partial charge on any atom is 0.227 e. The van der Waals surface area contributed by atoms with Crippen molar-refractivity contribution in [1.29, 1.82) is 0 Å². The molecule has 2 heterocycles. The number of hydrogen-bond donors (Lipinski definition) is 1. The van der Waals surface area contributed by atoms with Gasteiger partial charge in [-0.3, -0.25) is 4.79 Å². The number of amides is 1. The van der Waals surface area contributed by atoms with E-state index < -0.39 is 11.6 Å². The molecule has 0 radical (unpaired) electrons. The molecule has 1 aromatic carbocycles. The number of piperazine rings is 1. The predicted octanol–water partition coefficient (Wildman–Crippen LogP) is 1.96. The van der Waals surface area contributed by atoms with Crippen molar-refractivity contribution in [3.05, 3.63) is 53.7 Å². The number of rotatable bonds is 3. The van der Waals surface area contributed by atoms with E-state index in [4.69, 9.17) is 0 Å². The Balaban J connectivity index is 1.58. The van der Waals surface area contributed by atoms with Crippen LogP contribution in [0.15, 0.2) is 36.5 Å². The molecule has 3 rings (SSSR count). The van der Waals surface area contributed by atoms with Gasteiger partial charge in [0.1, 0.15) is 23.2 Å². The van der Waals surface area contributed by atoms with Crippen LogP contribution < -0.4 is 4.90 Å². The summed E-state index contributed by atoms with van der Waals surface area (Å²) in [6.07, 6.45) is 1.30. The zero-order chi connectivity index (χ0) is 17.1. The highest BCUT2D eigenvalue weighted by atomic mass is 19.1. The van der Waals surface area contributed by atoms with Crippen molar-refractivity contribution in [2.75, 3.05) is 31.1 Å². The summed E-state index contributed by atoms with van der Waals surface area (Å²) in [5.74, 6) is -0.689. The van der Waals surface area contributed by atoms with Crippen LogP contribution >= 0.6 is 0 Å². The molecule has 1 saturated heterocycles. The van der Waals surface area contributed by atoms with Crippen LogP contribution in [0.4, 0.5) is 14.6 Å². The Labute approximate surface area is 138 Å². The van der Waals surface area contributed by atoms with E-state index in [-0.39, 0.29) is 23.6 Å². The monoisotopic (exact) mass is 333 g/mol. The van der Waals surface area contributed by atoms with Crippen LogP contribution in [0.3, 0.4) is 0 Å². The smallest absolute Gasteiger partial charge is 0.227 e. The van der Waals surface area contributed by atoms with Crippen molar-refractivity contribution in [2.45, 2.75) is 6.42 Å². The minimum Gasteiger partial charge on any atom is -0.506 e. The first kappa shape index (κ1) is 16.2. The third kappa shape index (κ3) is 3.61. The standard InChI is InChI=1S/C17H17F2N3O2/c18-13-2-1-12(15(19)10-13)9-17(24)22-7-5-21(6-8-22)16-4-3-14(23)11-20-16/h1-4,10-11,23H,5-9H2. The Morgan fingerprint density at radius 1 is 1.12 bits per heavy atom. The van der Waals surface area contributed by atoms with E-state index in [1.165, 1.54) is 12.3 Å². The van der Waals surface area contributed by atoms with E-state index in [2.05, 4.69) is 4.98 Å². The molecule has 1 aromatic heterocycles. The zero-order valence-electron chi connectivity index (χ0n) is 13.0. The highest BCUT2D eigenvalue weighted by Crippen LogP contribution is 2.17. The van der Waals surface area contributed by atoms with Crippen LogP contribution in [-0.2, 0) is 11.2 Å². The van der Waals surface area contributed by atoms with Crippen LogP contribution in [0.1, 0.15) is 5.56 Å². The molecule has 0 unspecified atom stereocenters. The average molecular weight is 333 g/mol. The van der Waals surface area contributed by atoms with Gasteiger partial charge in [0.05, 0.1) is 12.6 Å². The van der Waals surface area contributed by atoms with E-state index >= 15 is 0 Å². The summed E-state index contributed by atoms with van der Waals surface area (Å²) in [7, 11) is 0. The van der Waals surface area contributed by atoms with Gasteiger partial charge in [0.25, 0.3) is 0 Å². The first-order valence-corrected chi connectivity index (χ1v) is 7.64. The summed E-state index contributed by atoms with van der Waals surface area (Å²) in [5.41, 5.74) is 0.198. The minimum atomic E-state index is -0.699. The first-order chi connectivity index (χ1) is 11.5. The third-order valence-electron chi connectivity index (χ3n) is 4.05. The molecule has 1 aliphatic heterocycles. The molecular formula is C17H17F2N3O2. The van der Waals surface area contributed by atoms with Crippen molar-refractivity contribution in [1.82, 2.24) is 9.88 Å². The van der Waals surface area contributed by atoms with E-state index in [0.717, 1.165) is 18.0 Å². The van der Waals surface area contributed by atoms with Crippen molar-refractivity contribution < 1.29 is 18.7 Å². The molecule has 1 N–H and O–H groups in total. The van der Waals surface area contributed by atoms with Crippen LogP contribution in [0.25, 0.3) is 0 Å². The Hall–Kier alpha value is -2.70. The van der Waals surface area contributed by atoms with Gasteiger partial charge in [-0.25, -0.2) is 13.8 Å². The number of pyridine rings is 1. The number of nitrogens with zero attached hydrogens (tertiary/aromatic N) is 3. The van der Waals surface area contributed by atoms with Crippen LogP contribution in [0, 0.1) is 11.6 Å². The molecule has 2 aromatic rings. The SMILES string of the molecule is O=C(Cc1ccc(F)cc1F)N1CCN(c2ccc(O)cn2)CC1. The second-order valence-corrected chi connectivity index (χ2v) is 5.65. The number of carbonyl (C=O) groups is 1. The lowest BCUT2D eigenvalue weighted by Gasteiger charge is -2.35. The molecule has 1 fully saturated rings. The van der Waals surface area contributed by atoms with Crippen molar-refractivity contribution >= 4 is 11.7 Å². The van der Waals surface area contributed by atoms with Crippen LogP contribution in [0.5, 0.6) is 5.75 Å². The van der Waals surface area contributed by atoms with E-state index in [1.54, 1.807) is 17.0 Å². The fraction of sp³-hybridized carbons (Fsp3) is 0.294. The third-order valence-corrected chi connectivity index (χ3v) is 4.05. The summed E-state index contributed by atoms with van der Waals surface area (Å²) in [4.78, 5) is 20.1. The maximum atomic E-state index is 13.6. The second-order valence-electron chi connectivity index (χ2n) is 5.65. The molecule has 0 bridgehead atoms. The number of hydrogen-bond acceptors (Lipinski definition) is 4. The first-order valence-electron chi connectivity index (χ1n) is 7.64. The van der Waals surface area contributed by atoms with Gasteiger partial charge in [-0.05, 0) is 23.8 Å². The van der Waals surface area contributed by atoms with E-state index in [9.17, 15) is 18.7 Å². The number of halogens is 2. The predicted molar refractivity (Wildman–Crippen MR) is 84.8 cm³/mol. The van der Waals surface area contributed by atoms with Gasteiger partial charge in [0.2, 0.25) is 5.91 Å². The number of aromatic hydroxyl groups is 1. The zero-order valence-corrected chi connectivity index (χ0v) is 13.0. The molecule has 126 valence electrons. The lowest BCUT2D eigenvalue weighted by atomic mass is 10.1. The Morgan fingerprint density at radius 3 is 2.50 bits per heavy atom. The largest absolute Gasteiger partial charge is 0.506 e. The molecular weight excluding hydrogens is 316 g/mol. The number of benzene rings is 1. The van der Waals surface area contributed by atoms with Gasteiger partial charge in [0.15, 0.2) is 0 Å². The van der Waals surface area contributed by atoms with Crippen molar-refractivity contribution in [2.24, 2.45) is 0 Å². The molecule has 0 saturated carbocycles. The number of anilines is 1. The lowest BCUT2D eigenvalue weighted by molar-refractivity contribution is -0.130. The molecule has 1 aliphatic rings. The summed E-state index contributed by atoms with van der Waals surface area (Å²) in [5, 5.41) is 9.26. The Kier molecular flexibility index (Phi) is 4.59. The Bertz CT molecular complexity index is 729. The molecule has 0 spiro atoms. The molecule has 24 heavy (non-hydrogen) atoms. The van der Waals surface area contributed by atoms with Gasteiger partial charge < -0.3 is 14.9 Å². The van der Waals surface area contributed by atoms with E-state index in [1.807, 2.05) is 4.90 Å². The fourth-order valence-corrected chi connectivity index (χ4v) is 2.69. The quantitative estimate of drug-likeness (QED) is 0.933. The minimum absolute atomic E-state index is 0.0798. The number of carbonyl (C=O) groups excluding carboxylic acids is 1. The number of aromatic nitrogens is 1. The van der Waals surface area contributed by atoms with E-state index in [0.29, 0.717) is 26.2 Å². The van der Waals surface area contributed by atoms with Gasteiger partial charge in [-0.2, -0.15) is 0 Å². The molecule has 0 aliphatic carbocycles. The Morgan fingerprint density at radius 2 is 1.88 bits per heavy atom. The highest BCUT2D eigenvalue weighted by molar-refractivity contribution is 5.79. The summed E-state index contributed by atoms with van der Waals surface area (Å²) in [6, 6.07) is 6.54. The molecule has 1 amide bonds. The fourth-order valence-electron chi connectivity index (χ4n) is 2.69. The van der Waals surface area contributed by atoms with Crippen LogP contribution in [-0.4, -0.2) is 47.1 Å². The summed E-state index contributed by atoms with van der Waals surface area (Å²) >= 11 is 0. The van der Waals surface area contributed by atoms with Crippen molar-refractivity contribution in [3.8, 4) is 5.75 Å². The normalized spacial score (nSPS) is 14.8. The van der Waals surface area contributed by atoms with Crippen LogP contribution in [0.2, 0.25) is 0 Å². The molecule has 0 atom stereocenters. The van der Waals surface area contributed by atoms with Gasteiger partial charge in [0, 0.05) is 32.2 Å². The van der Waals surface area contributed by atoms with Crippen molar-refractivity contribution in [3.63, 3.8) is 0 Å². The lowest BCUT2D eigenvalue weighted by Crippen LogP contribution is -2.49. The summed E-state index contributed by atoms with van der Waals surface area (Å²) in [6.45, 7) is 2.22. The second kappa shape index (κ2) is 6.82. The summed E-state index contributed by atoms with van der Waals surface area (Å²) < 4.78 is 26.6. The molecule has 5 nitrogen and oxygen atoms in total. The van der Waals surface area contributed by atoms with Gasteiger partial charge in [-0.1, -0.05) is 6.07 Å². The topological polar surface area (TPSA) is 56.7 Å². The maximum absolute atomic E-state index is 13.6. The average Bonchev–Trinajstić information content (AvgIpc) is 2.58.